The fourth-order valence-electron chi connectivity index (χ4n) is 3.22. The smallest absolute Gasteiger partial charge is 0.258 e. The van der Waals surface area contributed by atoms with Gasteiger partial charge in [0.25, 0.3) is 8.32 Å². The molecule has 0 heterocycles. The molecular weight excluding hydrogens is 332 g/mol. The fourth-order valence-corrected chi connectivity index (χ4v) is 8.95. The first kappa shape index (κ1) is 17.4. The topological polar surface area (TPSA) is 26.3 Å². The Morgan fingerprint density at radius 3 is 1.95 bits per heavy atom. The molecule has 0 radical (unpaired) electrons. The van der Waals surface area contributed by atoms with Crippen LogP contribution in [-0.4, -0.2) is 14.6 Å². The minimum atomic E-state index is -1.98. The van der Waals surface area contributed by atoms with E-state index in [0.717, 1.165) is 16.5 Å². The minimum absolute atomic E-state index is 0.509. The van der Waals surface area contributed by atoms with E-state index in [1.807, 2.05) is 12.1 Å². The van der Waals surface area contributed by atoms with Crippen molar-refractivity contribution in [2.24, 2.45) is 0 Å². The van der Waals surface area contributed by atoms with Crippen LogP contribution in [0.2, 0.25) is 16.6 Å². The van der Waals surface area contributed by atoms with E-state index in [1.54, 1.807) is 6.07 Å². The van der Waals surface area contributed by atoms with Gasteiger partial charge in [-0.05, 0) is 44.7 Å². The molecule has 0 amide bonds. The van der Waals surface area contributed by atoms with Crippen LogP contribution in [-0.2, 0) is 0 Å². The first-order chi connectivity index (χ1) is 9.25. The summed E-state index contributed by atoms with van der Waals surface area (Å²) >= 11 is 3.54. The monoisotopic (exact) mass is 356 g/mol. The van der Waals surface area contributed by atoms with E-state index in [-0.39, 0.29) is 0 Å². The van der Waals surface area contributed by atoms with Crippen molar-refractivity contribution in [3.63, 3.8) is 0 Å². The zero-order valence-corrected chi connectivity index (χ0v) is 15.8. The number of hydrogen-bond acceptors (Lipinski definition) is 2. The lowest BCUT2D eigenvalue weighted by Gasteiger charge is -2.42. The molecule has 112 valence electrons. The molecule has 0 unspecified atom stereocenters. The van der Waals surface area contributed by atoms with Crippen LogP contribution in [0.3, 0.4) is 0 Å². The van der Waals surface area contributed by atoms with Gasteiger partial charge in [-0.25, -0.2) is 0 Å². The first-order valence-corrected chi connectivity index (χ1v) is 10.1. The molecule has 1 aromatic carbocycles. The van der Waals surface area contributed by atoms with Crippen LogP contribution in [0.5, 0.6) is 5.75 Å². The molecule has 0 aliphatic heterocycles. The molecule has 0 aliphatic rings. The zero-order valence-electron chi connectivity index (χ0n) is 13.2. The number of halogens is 1. The maximum Gasteiger partial charge on any atom is 0.258 e. The third-order valence-electron chi connectivity index (χ3n) is 4.09. The number of hydrogen-bond donors (Lipinski definition) is 0. The van der Waals surface area contributed by atoms with Crippen molar-refractivity contribution in [3.8, 4) is 5.75 Å². The van der Waals surface area contributed by atoms with Crippen molar-refractivity contribution in [2.75, 3.05) is 0 Å². The van der Waals surface area contributed by atoms with Gasteiger partial charge >= 0.3 is 0 Å². The lowest BCUT2D eigenvalue weighted by Crippen LogP contribution is -2.50. The van der Waals surface area contributed by atoms with Crippen LogP contribution in [0.15, 0.2) is 22.7 Å². The summed E-state index contributed by atoms with van der Waals surface area (Å²) < 4.78 is 7.51. The van der Waals surface area contributed by atoms with Crippen molar-refractivity contribution >= 4 is 30.5 Å². The maximum absolute atomic E-state index is 11.0. The van der Waals surface area contributed by atoms with Crippen LogP contribution in [0.4, 0.5) is 0 Å². The molecule has 1 rings (SSSR count). The molecule has 20 heavy (non-hydrogen) atoms. The number of rotatable bonds is 6. The maximum atomic E-state index is 11.0. The van der Waals surface area contributed by atoms with Gasteiger partial charge in [0.15, 0.2) is 0 Å². The quantitative estimate of drug-likeness (QED) is 0.474. The highest BCUT2D eigenvalue weighted by atomic mass is 79.9. The van der Waals surface area contributed by atoms with Crippen LogP contribution >= 0.6 is 15.9 Å². The fraction of sp³-hybridized carbons (Fsp3) is 0.562. The van der Waals surface area contributed by atoms with Gasteiger partial charge < -0.3 is 4.43 Å². The summed E-state index contributed by atoms with van der Waals surface area (Å²) in [5, 5.41) is 0. The second-order valence-electron chi connectivity index (χ2n) is 6.23. The highest BCUT2D eigenvalue weighted by Crippen LogP contribution is 2.44. The minimum Gasteiger partial charge on any atom is -0.542 e. The van der Waals surface area contributed by atoms with Crippen molar-refractivity contribution in [1.29, 1.82) is 0 Å². The number of carbonyl (C=O) groups is 1. The highest BCUT2D eigenvalue weighted by molar-refractivity contribution is 9.10. The molecule has 0 spiro atoms. The molecule has 1 aromatic rings. The molecular formula is C16H25BrO2Si. The lowest BCUT2D eigenvalue weighted by atomic mass is 10.2. The van der Waals surface area contributed by atoms with Gasteiger partial charge in [0.05, 0.1) is 4.47 Å². The van der Waals surface area contributed by atoms with E-state index in [2.05, 4.69) is 57.5 Å². The lowest BCUT2D eigenvalue weighted by molar-refractivity contribution is 0.112. The average molecular weight is 357 g/mol. The Kier molecular flexibility index (Phi) is 6.01. The number of aldehydes is 1. The molecule has 0 atom stereocenters. The van der Waals surface area contributed by atoms with Crippen LogP contribution in [0.1, 0.15) is 51.9 Å². The van der Waals surface area contributed by atoms with Crippen molar-refractivity contribution in [2.45, 2.75) is 58.2 Å². The second kappa shape index (κ2) is 6.90. The Labute approximate surface area is 132 Å². The van der Waals surface area contributed by atoms with Gasteiger partial charge in [0.1, 0.15) is 12.0 Å². The summed E-state index contributed by atoms with van der Waals surface area (Å²) in [6.45, 7) is 13.5. The summed E-state index contributed by atoms with van der Waals surface area (Å²) in [6, 6.07) is 5.53. The number of benzene rings is 1. The van der Waals surface area contributed by atoms with E-state index in [9.17, 15) is 4.79 Å². The first-order valence-electron chi connectivity index (χ1n) is 7.19. The third-order valence-corrected chi connectivity index (χ3v) is 10.7. The molecule has 0 N–H and O–H groups in total. The summed E-state index contributed by atoms with van der Waals surface area (Å²) in [7, 11) is -1.98. The normalized spacial score (nSPS) is 12.3. The van der Waals surface area contributed by atoms with Crippen molar-refractivity contribution in [1.82, 2.24) is 0 Å². The predicted octanol–water partition coefficient (Wildman–Crippen LogP) is 5.82. The molecule has 0 saturated carbocycles. The summed E-state index contributed by atoms with van der Waals surface area (Å²) in [5.74, 6) is 0.803. The molecule has 4 heteroatoms. The van der Waals surface area contributed by atoms with Crippen molar-refractivity contribution in [3.05, 3.63) is 28.2 Å². The van der Waals surface area contributed by atoms with Gasteiger partial charge in [-0.15, -0.1) is 0 Å². The van der Waals surface area contributed by atoms with Crippen molar-refractivity contribution < 1.29 is 9.22 Å². The van der Waals surface area contributed by atoms with Gasteiger partial charge in [0.2, 0.25) is 0 Å². The van der Waals surface area contributed by atoms with Gasteiger partial charge in [0, 0.05) is 5.56 Å². The predicted molar refractivity (Wildman–Crippen MR) is 91.2 cm³/mol. The molecule has 0 saturated heterocycles. The molecule has 2 nitrogen and oxygen atoms in total. The molecule has 0 bridgehead atoms. The van der Waals surface area contributed by atoms with E-state index >= 15 is 0 Å². The Balaban J connectivity index is 3.29. The summed E-state index contributed by atoms with van der Waals surface area (Å²) in [4.78, 5) is 11.0. The third kappa shape index (κ3) is 3.34. The second-order valence-corrected chi connectivity index (χ2v) is 12.5. The van der Waals surface area contributed by atoms with Crippen LogP contribution in [0, 0.1) is 0 Å². The largest absolute Gasteiger partial charge is 0.542 e. The molecule has 0 fully saturated rings. The average Bonchev–Trinajstić information content (AvgIpc) is 2.36. The molecule has 0 aromatic heterocycles. The Bertz CT molecular complexity index is 448. The van der Waals surface area contributed by atoms with Gasteiger partial charge in [-0.1, -0.05) is 47.6 Å². The Morgan fingerprint density at radius 1 is 1.05 bits per heavy atom. The van der Waals surface area contributed by atoms with Gasteiger partial charge in [-0.2, -0.15) is 0 Å². The Morgan fingerprint density at radius 2 is 1.55 bits per heavy atom. The highest BCUT2D eigenvalue weighted by Gasteiger charge is 2.47. The van der Waals surface area contributed by atoms with E-state index in [4.69, 9.17) is 4.43 Å². The van der Waals surface area contributed by atoms with E-state index < -0.39 is 8.32 Å². The van der Waals surface area contributed by atoms with E-state index in [0.29, 0.717) is 22.2 Å². The Hall–Kier alpha value is -0.613. The number of carbonyl (C=O) groups excluding carboxylic acids is 1. The standard InChI is InChI=1S/C16H25BrO2Si/c1-11(2)20(12(3)4,13(5)6)19-16-9-14(10-18)7-8-15(16)17/h7-13H,1-6H3. The van der Waals surface area contributed by atoms with Crippen LogP contribution < -0.4 is 4.43 Å². The zero-order chi connectivity index (χ0) is 15.5. The summed E-state index contributed by atoms with van der Waals surface area (Å²) in [5.41, 5.74) is 2.18. The SMILES string of the molecule is CC(C)[Si](Oc1cc(C=O)ccc1Br)(C(C)C)C(C)C. The molecule has 0 aliphatic carbocycles. The van der Waals surface area contributed by atoms with Crippen LogP contribution in [0.25, 0.3) is 0 Å². The van der Waals surface area contributed by atoms with E-state index in [1.165, 1.54) is 0 Å². The van der Waals surface area contributed by atoms with Gasteiger partial charge in [-0.3, -0.25) is 4.79 Å². The summed E-state index contributed by atoms with van der Waals surface area (Å²) in [6.07, 6.45) is 0.864.